The highest BCUT2D eigenvalue weighted by atomic mass is 16.5. The Balaban J connectivity index is 2.67. The van der Waals surface area contributed by atoms with Crippen LogP contribution in [-0.4, -0.2) is 18.5 Å². The van der Waals surface area contributed by atoms with E-state index in [4.69, 9.17) is 10.6 Å². The summed E-state index contributed by atoms with van der Waals surface area (Å²) in [6.45, 7) is 6.20. The van der Waals surface area contributed by atoms with Crippen LogP contribution in [0.15, 0.2) is 24.3 Å². The normalized spacial score (nSPS) is 10.4. The molecule has 0 aromatic heterocycles. The molecule has 0 aliphatic carbocycles. The maximum Gasteiger partial charge on any atom is 0.338 e. The van der Waals surface area contributed by atoms with Crippen LogP contribution in [0.2, 0.25) is 0 Å². The van der Waals surface area contributed by atoms with Gasteiger partial charge in [0.05, 0.1) is 17.9 Å². The summed E-state index contributed by atoms with van der Waals surface area (Å²) in [4.78, 5) is 23.4. The van der Waals surface area contributed by atoms with E-state index in [0.29, 0.717) is 30.2 Å². The number of rotatable bonds is 6. The average Bonchev–Trinajstić information content (AvgIpc) is 2.44. The van der Waals surface area contributed by atoms with Crippen molar-refractivity contribution in [3.05, 3.63) is 29.8 Å². The molecule has 110 valence electrons. The second-order valence-corrected chi connectivity index (χ2v) is 4.96. The van der Waals surface area contributed by atoms with Gasteiger partial charge in [0.25, 0.3) is 0 Å². The largest absolute Gasteiger partial charge is 0.462 e. The van der Waals surface area contributed by atoms with Crippen molar-refractivity contribution in [1.82, 2.24) is 0 Å². The van der Waals surface area contributed by atoms with Gasteiger partial charge in [0.2, 0.25) is 5.91 Å². The highest BCUT2D eigenvalue weighted by molar-refractivity contribution is 5.93. The number of amides is 1. The number of hydrazine groups is 1. The Kier molecular flexibility index (Phi) is 6.18. The molecule has 0 saturated heterocycles. The Hall–Kier alpha value is -1.88. The minimum atomic E-state index is -0.381. The first kappa shape index (κ1) is 16.2. The molecular weight excluding hydrogens is 256 g/mol. The molecule has 0 spiro atoms. The fourth-order valence-corrected chi connectivity index (χ4v) is 1.65. The van der Waals surface area contributed by atoms with E-state index in [2.05, 4.69) is 13.8 Å². The van der Waals surface area contributed by atoms with Crippen molar-refractivity contribution in [3.63, 3.8) is 0 Å². The van der Waals surface area contributed by atoms with Crippen LogP contribution >= 0.6 is 0 Å². The molecule has 2 N–H and O–H groups in total. The monoisotopic (exact) mass is 278 g/mol. The second kappa shape index (κ2) is 7.65. The van der Waals surface area contributed by atoms with E-state index in [0.717, 1.165) is 11.4 Å². The van der Waals surface area contributed by atoms with Gasteiger partial charge in [-0.05, 0) is 43.5 Å². The first-order chi connectivity index (χ1) is 9.45. The zero-order valence-corrected chi connectivity index (χ0v) is 12.3. The Morgan fingerprint density at radius 3 is 2.35 bits per heavy atom. The molecule has 0 saturated carbocycles. The molecular formula is C15H22N2O3. The third-order valence-corrected chi connectivity index (χ3v) is 2.86. The van der Waals surface area contributed by atoms with Gasteiger partial charge in [-0.3, -0.25) is 4.79 Å². The minimum Gasteiger partial charge on any atom is -0.462 e. The zero-order valence-electron chi connectivity index (χ0n) is 12.3. The van der Waals surface area contributed by atoms with Crippen LogP contribution in [0.4, 0.5) is 5.69 Å². The molecule has 0 atom stereocenters. The number of anilines is 1. The quantitative estimate of drug-likeness (QED) is 0.375. The fourth-order valence-electron chi connectivity index (χ4n) is 1.65. The summed E-state index contributed by atoms with van der Waals surface area (Å²) < 4.78 is 4.89. The summed E-state index contributed by atoms with van der Waals surface area (Å²) in [5.41, 5.74) is 1.01. The summed E-state index contributed by atoms with van der Waals surface area (Å²) in [5, 5.41) is 1.12. The van der Waals surface area contributed by atoms with Crippen molar-refractivity contribution in [2.75, 3.05) is 11.6 Å². The highest BCUT2D eigenvalue weighted by Gasteiger charge is 2.13. The van der Waals surface area contributed by atoms with Crippen LogP contribution in [0.3, 0.4) is 0 Å². The lowest BCUT2D eigenvalue weighted by atomic mass is 10.1. The summed E-state index contributed by atoms with van der Waals surface area (Å²) in [7, 11) is 0. The number of carbonyl (C=O) groups is 2. The maximum atomic E-state index is 11.9. The van der Waals surface area contributed by atoms with Gasteiger partial charge in [0.1, 0.15) is 0 Å². The standard InChI is InChI=1S/C15H22N2O3/c1-4-20-15(19)12-6-8-13(9-7-12)17(16)14(18)10-5-11(2)3/h6-9,11H,4-5,10,16H2,1-3H3. The molecule has 0 radical (unpaired) electrons. The van der Waals surface area contributed by atoms with Crippen molar-refractivity contribution < 1.29 is 14.3 Å². The summed E-state index contributed by atoms with van der Waals surface area (Å²) in [6, 6.07) is 6.48. The SMILES string of the molecule is CCOC(=O)c1ccc(N(N)C(=O)CCC(C)C)cc1. The summed E-state index contributed by atoms with van der Waals surface area (Å²) in [6.07, 6.45) is 1.21. The van der Waals surface area contributed by atoms with E-state index >= 15 is 0 Å². The highest BCUT2D eigenvalue weighted by Crippen LogP contribution is 2.15. The van der Waals surface area contributed by atoms with Crippen LogP contribution < -0.4 is 10.9 Å². The summed E-state index contributed by atoms with van der Waals surface area (Å²) in [5.74, 6) is 5.72. The van der Waals surface area contributed by atoms with Crippen molar-refractivity contribution in [1.29, 1.82) is 0 Å². The van der Waals surface area contributed by atoms with Gasteiger partial charge in [0, 0.05) is 6.42 Å². The van der Waals surface area contributed by atoms with Crippen molar-refractivity contribution in [2.24, 2.45) is 11.8 Å². The number of hydrogen-bond acceptors (Lipinski definition) is 4. The number of carbonyl (C=O) groups excluding carboxylic acids is 2. The second-order valence-electron chi connectivity index (χ2n) is 4.96. The lowest BCUT2D eigenvalue weighted by Crippen LogP contribution is -2.37. The van der Waals surface area contributed by atoms with Crippen molar-refractivity contribution in [3.8, 4) is 0 Å². The van der Waals surface area contributed by atoms with Crippen LogP contribution in [0.5, 0.6) is 0 Å². The molecule has 20 heavy (non-hydrogen) atoms. The van der Waals surface area contributed by atoms with Gasteiger partial charge in [-0.2, -0.15) is 0 Å². The van der Waals surface area contributed by atoms with E-state index in [1.165, 1.54) is 0 Å². The molecule has 1 amide bonds. The zero-order chi connectivity index (χ0) is 15.1. The molecule has 1 aromatic carbocycles. The van der Waals surface area contributed by atoms with E-state index in [9.17, 15) is 9.59 Å². The molecule has 0 fully saturated rings. The van der Waals surface area contributed by atoms with Gasteiger partial charge in [-0.1, -0.05) is 13.8 Å². The van der Waals surface area contributed by atoms with Crippen molar-refractivity contribution in [2.45, 2.75) is 33.6 Å². The molecule has 5 heteroatoms. The molecule has 0 aliphatic rings. The predicted octanol–water partition coefficient (Wildman–Crippen LogP) is 2.51. The molecule has 1 rings (SSSR count). The Labute approximate surface area is 119 Å². The van der Waals surface area contributed by atoms with Gasteiger partial charge in [-0.25, -0.2) is 15.6 Å². The first-order valence-electron chi connectivity index (χ1n) is 6.80. The van der Waals surface area contributed by atoms with E-state index in [1.54, 1.807) is 31.2 Å². The average molecular weight is 278 g/mol. The van der Waals surface area contributed by atoms with E-state index in [-0.39, 0.29) is 11.9 Å². The van der Waals surface area contributed by atoms with Gasteiger partial charge in [0.15, 0.2) is 0 Å². The van der Waals surface area contributed by atoms with Crippen LogP contribution in [0.1, 0.15) is 44.0 Å². The molecule has 0 heterocycles. The van der Waals surface area contributed by atoms with Crippen molar-refractivity contribution >= 4 is 17.6 Å². The Morgan fingerprint density at radius 2 is 1.85 bits per heavy atom. The lowest BCUT2D eigenvalue weighted by Gasteiger charge is -2.17. The summed E-state index contributed by atoms with van der Waals surface area (Å²) >= 11 is 0. The third-order valence-electron chi connectivity index (χ3n) is 2.86. The molecule has 0 bridgehead atoms. The number of nitrogens with two attached hydrogens (primary N) is 1. The van der Waals surface area contributed by atoms with Crippen LogP contribution in [-0.2, 0) is 9.53 Å². The molecule has 5 nitrogen and oxygen atoms in total. The first-order valence-corrected chi connectivity index (χ1v) is 6.80. The number of ether oxygens (including phenoxy) is 1. The lowest BCUT2D eigenvalue weighted by molar-refractivity contribution is -0.118. The van der Waals surface area contributed by atoms with Gasteiger partial charge < -0.3 is 4.74 Å². The molecule has 0 aliphatic heterocycles. The fraction of sp³-hybridized carbons (Fsp3) is 0.467. The van der Waals surface area contributed by atoms with Crippen LogP contribution in [0.25, 0.3) is 0 Å². The third kappa shape index (κ3) is 4.66. The predicted molar refractivity (Wildman–Crippen MR) is 78.1 cm³/mol. The Bertz CT molecular complexity index is 455. The van der Waals surface area contributed by atoms with Crippen LogP contribution in [0, 0.1) is 5.92 Å². The van der Waals surface area contributed by atoms with E-state index < -0.39 is 0 Å². The number of benzene rings is 1. The molecule has 1 aromatic rings. The molecule has 0 unspecified atom stereocenters. The number of hydrogen-bond donors (Lipinski definition) is 1. The minimum absolute atomic E-state index is 0.136. The number of esters is 1. The Morgan fingerprint density at radius 1 is 1.25 bits per heavy atom. The topological polar surface area (TPSA) is 72.6 Å². The number of nitrogens with zero attached hydrogens (tertiary/aromatic N) is 1. The van der Waals surface area contributed by atoms with Gasteiger partial charge in [-0.15, -0.1) is 0 Å². The van der Waals surface area contributed by atoms with Gasteiger partial charge >= 0.3 is 5.97 Å². The van der Waals surface area contributed by atoms with E-state index in [1.807, 2.05) is 0 Å². The smallest absolute Gasteiger partial charge is 0.338 e. The maximum absolute atomic E-state index is 11.9.